The molecule has 0 saturated carbocycles. The topological polar surface area (TPSA) is 202 Å². The molecular weight excluding hydrogens is 821 g/mol. The van der Waals surface area contributed by atoms with Gasteiger partial charge in [0.25, 0.3) is 0 Å². The quantitative estimate of drug-likeness (QED) is 0.0988. The van der Waals surface area contributed by atoms with E-state index < -0.39 is 36.4 Å². The van der Waals surface area contributed by atoms with Gasteiger partial charge in [0, 0.05) is 44.2 Å². The molecule has 8 rings (SSSR count). The number of ether oxygens (including phenoxy) is 5. The summed E-state index contributed by atoms with van der Waals surface area (Å²) in [7, 11) is 5.69. The van der Waals surface area contributed by atoms with Gasteiger partial charge >= 0.3 is 12.2 Å². The van der Waals surface area contributed by atoms with E-state index >= 15 is 0 Å². The van der Waals surface area contributed by atoms with E-state index in [1.54, 1.807) is 18.9 Å². The van der Waals surface area contributed by atoms with Crippen molar-refractivity contribution in [1.29, 1.82) is 0 Å². The Balaban J connectivity index is 1.05. The lowest BCUT2D eigenvalue weighted by Gasteiger charge is -2.30. The third-order valence-corrected chi connectivity index (χ3v) is 13.3. The zero-order chi connectivity index (χ0) is 45.4. The van der Waals surface area contributed by atoms with Gasteiger partial charge in [-0.25, -0.2) is 19.6 Å². The number of alkyl carbamates (subject to hydrolysis) is 2. The van der Waals surface area contributed by atoms with Gasteiger partial charge in [-0.1, -0.05) is 45.4 Å². The molecular formula is C47H58N8O9. The van der Waals surface area contributed by atoms with Crippen LogP contribution in [0.4, 0.5) is 9.59 Å². The van der Waals surface area contributed by atoms with E-state index in [2.05, 4.69) is 57.9 Å². The fourth-order valence-electron chi connectivity index (χ4n) is 9.55. The number of nitrogens with zero attached hydrogens (tertiary/aromatic N) is 4. The number of aromatic amines is 2. The van der Waals surface area contributed by atoms with E-state index in [0.717, 1.165) is 61.9 Å². The summed E-state index contributed by atoms with van der Waals surface area (Å²) in [5, 5.41) is 7.36. The van der Waals surface area contributed by atoms with E-state index in [-0.39, 0.29) is 35.6 Å². The molecule has 5 heterocycles. The number of H-pyrrole nitrogens is 2. The Hall–Kier alpha value is -6.20. The molecule has 340 valence electrons. The number of imidazole rings is 2. The molecule has 0 bridgehead atoms. The first-order valence-electron chi connectivity index (χ1n) is 21.9. The molecule has 2 fully saturated rings. The van der Waals surface area contributed by atoms with E-state index in [0.29, 0.717) is 50.8 Å². The minimum atomic E-state index is -0.971. The predicted octanol–water partition coefficient (Wildman–Crippen LogP) is 6.64. The van der Waals surface area contributed by atoms with E-state index in [4.69, 9.17) is 33.7 Å². The number of rotatable bonds is 13. The number of benzene rings is 3. The van der Waals surface area contributed by atoms with E-state index in [1.807, 2.05) is 37.1 Å². The van der Waals surface area contributed by atoms with Gasteiger partial charge in [-0.15, -0.1) is 0 Å². The van der Waals surface area contributed by atoms with Crippen LogP contribution in [0.25, 0.3) is 44.2 Å². The molecule has 4 N–H and O–H groups in total. The first-order chi connectivity index (χ1) is 30.8. The van der Waals surface area contributed by atoms with Gasteiger partial charge in [-0.2, -0.15) is 0 Å². The molecule has 3 aliphatic heterocycles. The largest absolute Gasteiger partial charge is 0.488 e. The lowest BCUT2D eigenvalue weighted by Crippen LogP contribution is -2.54. The SMILES string of the molecule is CC[C@H](C)[C@H](NC(=O)OC)C(=O)N1C[C@@H](C)CC1c1ncc(-c2ccc3c(c2)COc2cc4c(ccc5nc([C@@H]6CC(COC)CN6C(=O)[C@@H](NC(=O)OC)C(C)OC)[nH]c54)cc2-3)[nH]1. The molecule has 3 aliphatic rings. The molecule has 5 aromatic rings. The average Bonchev–Trinajstić information content (AvgIpc) is 4.14. The Bertz CT molecular complexity index is 2560. The summed E-state index contributed by atoms with van der Waals surface area (Å²) in [4.78, 5) is 73.1. The van der Waals surface area contributed by atoms with Crippen LogP contribution in [0, 0.1) is 17.8 Å². The lowest BCUT2D eigenvalue weighted by molar-refractivity contribution is -0.138. The van der Waals surface area contributed by atoms with Crippen molar-refractivity contribution in [3.63, 3.8) is 0 Å². The monoisotopic (exact) mass is 878 g/mol. The highest BCUT2D eigenvalue weighted by molar-refractivity contribution is 6.07. The fraction of sp³-hybridized carbons (Fsp3) is 0.489. The Labute approximate surface area is 371 Å². The summed E-state index contributed by atoms with van der Waals surface area (Å²) in [5.41, 5.74) is 6.44. The predicted molar refractivity (Wildman–Crippen MR) is 238 cm³/mol. The van der Waals surface area contributed by atoms with Crippen LogP contribution in [0.15, 0.2) is 48.7 Å². The Morgan fingerprint density at radius 2 is 1.58 bits per heavy atom. The molecule has 0 spiro atoms. The summed E-state index contributed by atoms with van der Waals surface area (Å²) in [5.74, 6) is 1.89. The van der Waals surface area contributed by atoms with Crippen molar-refractivity contribution in [3.05, 3.63) is 65.9 Å². The molecule has 64 heavy (non-hydrogen) atoms. The van der Waals surface area contributed by atoms with Gasteiger partial charge < -0.3 is 54.1 Å². The van der Waals surface area contributed by atoms with Crippen molar-refractivity contribution < 1.29 is 42.9 Å². The first kappa shape index (κ1) is 44.4. The molecule has 3 unspecified atom stereocenters. The molecule has 17 nitrogen and oxygen atoms in total. The van der Waals surface area contributed by atoms with Gasteiger partial charge in [-0.3, -0.25) is 9.59 Å². The van der Waals surface area contributed by atoms with Crippen molar-refractivity contribution in [2.75, 3.05) is 48.1 Å². The van der Waals surface area contributed by atoms with Crippen LogP contribution in [0.2, 0.25) is 0 Å². The van der Waals surface area contributed by atoms with Gasteiger partial charge in [-0.05, 0) is 77.9 Å². The number of amides is 4. The Morgan fingerprint density at radius 1 is 0.859 bits per heavy atom. The highest BCUT2D eigenvalue weighted by Gasteiger charge is 2.43. The van der Waals surface area contributed by atoms with Crippen molar-refractivity contribution in [2.24, 2.45) is 17.8 Å². The van der Waals surface area contributed by atoms with Crippen LogP contribution in [0.5, 0.6) is 5.75 Å². The normalized spacial score (nSPS) is 21.1. The third kappa shape index (κ3) is 8.45. The van der Waals surface area contributed by atoms with Crippen LogP contribution in [-0.4, -0.2) is 120 Å². The molecule has 0 radical (unpaired) electrons. The van der Waals surface area contributed by atoms with E-state index in [9.17, 15) is 19.2 Å². The van der Waals surface area contributed by atoms with Crippen molar-refractivity contribution in [2.45, 2.75) is 83.8 Å². The number of hydrogen-bond acceptors (Lipinski definition) is 11. The van der Waals surface area contributed by atoms with Gasteiger partial charge in [0.15, 0.2) is 0 Å². The maximum Gasteiger partial charge on any atom is 0.407 e. The molecule has 4 amide bonds. The zero-order valence-electron chi connectivity index (χ0n) is 37.7. The van der Waals surface area contributed by atoms with Crippen LogP contribution in [-0.2, 0) is 35.1 Å². The summed E-state index contributed by atoms with van der Waals surface area (Å²) >= 11 is 0. The standard InChI is InChI=1S/C47H58N8O9/c1-9-25(3)39(52-46(58)62-7)44(56)54-20-24(2)14-36(54)42-48-19-35(50-42)29-10-12-31-30(16-29)23-64-38-18-32-28(17-33(31)38)11-13-34-41(32)51-43(49-34)37-15-27(22-60-5)21-55(37)45(57)40(26(4)61-6)53-47(59)63-8/h10-13,16-19,24-27,36-37,39-40H,9,14-15,20-23H2,1-8H3,(H,48,50)(H,49,51)(H,52,58)(H,53,59)/t24-,25-,26?,27?,36?,37-,39-,40-/m0/s1. The minimum absolute atomic E-state index is 0.0552. The molecule has 17 heteroatoms. The van der Waals surface area contributed by atoms with Gasteiger partial charge in [0.1, 0.15) is 36.1 Å². The molecule has 3 aromatic carbocycles. The second-order valence-electron chi connectivity index (χ2n) is 17.5. The maximum atomic E-state index is 14.1. The number of carbonyl (C=O) groups excluding carboxylic acids is 4. The average molecular weight is 879 g/mol. The molecule has 0 aliphatic carbocycles. The van der Waals surface area contributed by atoms with E-state index in [1.165, 1.54) is 21.3 Å². The second-order valence-corrected chi connectivity index (χ2v) is 17.5. The highest BCUT2D eigenvalue weighted by atomic mass is 16.5. The van der Waals surface area contributed by atoms with Crippen LogP contribution < -0.4 is 15.4 Å². The summed E-state index contributed by atoms with van der Waals surface area (Å²) in [6, 6.07) is 12.2. The third-order valence-electron chi connectivity index (χ3n) is 13.3. The molecule has 8 atom stereocenters. The number of hydrogen-bond donors (Lipinski definition) is 4. The van der Waals surface area contributed by atoms with Gasteiger partial charge in [0.05, 0.1) is 61.9 Å². The minimum Gasteiger partial charge on any atom is -0.488 e. The zero-order valence-corrected chi connectivity index (χ0v) is 37.7. The van der Waals surface area contributed by atoms with Crippen LogP contribution in [0.3, 0.4) is 0 Å². The van der Waals surface area contributed by atoms with Crippen molar-refractivity contribution in [3.8, 4) is 28.1 Å². The Kier molecular flexibility index (Phi) is 12.8. The maximum absolute atomic E-state index is 14.1. The lowest BCUT2D eigenvalue weighted by atomic mass is 9.92. The Morgan fingerprint density at radius 3 is 2.30 bits per heavy atom. The highest BCUT2D eigenvalue weighted by Crippen LogP contribution is 2.44. The van der Waals surface area contributed by atoms with Crippen molar-refractivity contribution >= 4 is 45.8 Å². The molecule has 2 saturated heterocycles. The van der Waals surface area contributed by atoms with Gasteiger partial charge in [0.2, 0.25) is 11.8 Å². The fourth-order valence-corrected chi connectivity index (χ4v) is 9.55. The number of fused-ring (bicyclic) bond motifs is 6. The number of nitrogens with one attached hydrogen (secondary N) is 4. The smallest absolute Gasteiger partial charge is 0.407 e. The summed E-state index contributed by atoms with van der Waals surface area (Å²) in [6.45, 7) is 9.62. The summed E-state index contributed by atoms with van der Waals surface area (Å²) in [6.07, 6.45) is 1.94. The second kappa shape index (κ2) is 18.5. The first-order valence-corrected chi connectivity index (χ1v) is 21.9. The van der Waals surface area contributed by atoms with Crippen LogP contribution >= 0.6 is 0 Å². The molecule has 2 aromatic heterocycles. The number of likely N-dealkylation sites (tertiary alicyclic amines) is 2. The number of methoxy groups -OCH3 is 4. The number of aromatic nitrogens is 4. The number of carbonyl (C=O) groups is 4. The van der Waals surface area contributed by atoms with Crippen LogP contribution in [0.1, 0.15) is 76.3 Å². The van der Waals surface area contributed by atoms with Crippen molar-refractivity contribution in [1.82, 2.24) is 40.4 Å². The summed E-state index contributed by atoms with van der Waals surface area (Å²) < 4.78 is 27.1.